The van der Waals surface area contributed by atoms with Gasteiger partial charge in [0, 0.05) is 37.1 Å². The average Bonchev–Trinajstić information content (AvgIpc) is 3.42. The molecule has 0 bridgehead atoms. The monoisotopic (exact) mass is 438 g/mol. The topological polar surface area (TPSA) is 78.7 Å². The maximum atomic E-state index is 12.8. The van der Waals surface area contributed by atoms with Crippen LogP contribution < -0.4 is 5.32 Å². The van der Waals surface area contributed by atoms with E-state index in [0.717, 1.165) is 17.0 Å². The molecule has 1 unspecified atom stereocenters. The summed E-state index contributed by atoms with van der Waals surface area (Å²) in [5, 5.41) is 5.48. The predicted molar refractivity (Wildman–Crippen MR) is 121 cm³/mol. The van der Waals surface area contributed by atoms with Gasteiger partial charge in [-0.3, -0.25) is 14.5 Å². The van der Waals surface area contributed by atoms with E-state index in [0.29, 0.717) is 37.1 Å². The smallest absolute Gasteiger partial charge is 0.289 e. The van der Waals surface area contributed by atoms with Crippen LogP contribution in [0.15, 0.2) is 46.2 Å². The molecule has 162 valence electrons. The lowest BCUT2D eigenvalue weighted by Gasteiger charge is -2.36. The van der Waals surface area contributed by atoms with Gasteiger partial charge in [0.15, 0.2) is 10.9 Å². The first-order chi connectivity index (χ1) is 14.9. The molecule has 7 nitrogen and oxygen atoms in total. The van der Waals surface area contributed by atoms with Crippen LogP contribution in [0.3, 0.4) is 0 Å². The minimum atomic E-state index is -0.310. The number of benzene rings is 1. The van der Waals surface area contributed by atoms with Crippen molar-refractivity contribution in [3.05, 3.63) is 58.9 Å². The molecule has 8 heteroatoms. The number of carbonyl (C=O) groups excluding carboxylic acids is 2. The van der Waals surface area contributed by atoms with Crippen LogP contribution in [0.2, 0.25) is 0 Å². The van der Waals surface area contributed by atoms with E-state index in [-0.39, 0.29) is 17.9 Å². The second kappa shape index (κ2) is 9.03. The fourth-order valence-corrected chi connectivity index (χ4v) is 4.30. The molecular formula is C23H26N4O3S. The third-order valence-corrected chi connectivity index (χ3v) is 6.32. The van der Waals surface area contributed by atoms with E-state index in [2.05, 4.69) is 15.2 Å². The van der Waals surface area contributed by atoms with Crippen LogP contribution in [0.1, 0.15) is 28.8 Å². The number of amides is 2. The summed E-state index contributed by atoms with van der Waals surface area (Å²) < 4.78 is 5.44. The highest BCUT2D eigenvalue weighted by atomic mass is 32.1. The van der Waals surface area contributed by atoms with Crippen LogP contribution in [-0.2, 0) is 4.79 Å². The fraction of sp³-hybridized carbons (Fsp3) is 0.348. The minimum absolute atomic E-state index is 0.0914. The lowest BCUT2D eigenvalue weighted by molar-refractivity contribution is -0.121. The first-order valence-electron chi connectivity index (χ1n) is 10.3. The number of nitrogens with zero attached hydrogens (tertiary/aromatic N) is 3. The Morgan fingerprint density at radius 3 is 2.42 bits per heavy atom. The molecule has 3 heterocycles. The zero-order valence-electron chi connectivity index (χ0n) is 17.9. The van der Waals surface area contributed by atoms with Gasteiger partial charge < -0.3 is 14.6 Å². The summed E-state index contributed by atoms with van der Waals surface area (Å²) in [5.41, 5.74) is 3.08. The summed E-state index contributed by atoms with van der Waals surface area (Å²) in [6.07, 6.45) is 0. The number of piperazine rings is 1. The highest BCUT2D eigenvalue weighted by Gasteiger charge is 2.29. The molecule has 1 aliphatic rings. The van der Waals surface area contributed by atoms with Crippen LogP contribution >= 0.6 is 11.3 Å². The number of aryl methyl sites for hydroxylation is 2. The number of rotatable bonds is 5. The van der Waals surface area contributed by atoms with Crippen LogP contribution in [0.4, 0.5) is 5.13 Å². The van der Waals surface area contributed by atoms with E-state index >= 15 is 0 Å². The van der Waals surface area contributed by atoms with Gasteiger partial charge >= 0.3 is 0 Å². The number of thiazole rings is 1. The number of aromatic nitrogens is 1. The third-order valence-electron chi connectivity index (χ3n) is 5.56. The van der Waals surface area contributed by atoms with E-state index in [9.17, 15) is 9.59 Å². The summed E-state index contributed by atoms with van der Waals surface area (Å²) in [6.45, 7) is 8.14. The van der Waals surface area contributed by atoms with Gasteiger partial charge in [-0.05, 0) is 32.9 Å². The van der Waals surface area contributed by atoms with Crippen molar-refractivity contribution in [2.45, 2.75) is 26.8 Å². The number of furan rings is 1. The Hall–Kier alpha value is -2.97. The van der Waals surface area contributed by atoms with Crippen molar-refractivity contribution >= 4 is 28.3 Å². The standard InChI is InChI=1S/C23H26N4O3S/c1-15-4-7-18(8-5-15)19-14-31-23(24-19)25-21(28)17(3)26-10-12-27(13-11-26)22(29)20-9-6-16(2)30-20/h4-9,14,17H,10-13H2,1-3H3,(H,24,25,28). The molecule has 31 heavy (non-hydrogen) atoms. The van der Waals surface area contributed by atoms with Crippen molar-refractivity contribution in [3.8, 4) is 11.3 Å². The zero-order valence-corrected chi connectivity index (χ0v) is 18.7. The van der Waals surface area contributed by atoms with E-state index in [4.69, 9.17) is 4.42 Å². The Balaban J connectivity index is 1.31. The highest BCUT2D eigenvalue weighted by molar-refractivity contribution is 7.14. The molecule has 1 fully saturated rings. The SMILES string of the molecule is Cc1ccc(-c2csc(NC(=O)C(C)N3CCN(C(=O)c4ccc(C)o4)CC3)n2)cc1. The summed E-state index contributed by atoms with van der Waals surface area (Å²) in [4.78, 5) is 33.7. The van der Waals surface area contributed by atoms with Gasteiger partial charge in [-0.25, -0.2) is 4.98 Å². The van der Waals surface area contributed by atoms with Crippen LogP contribution in [0.5, 0.6) is 0 Å². The maximum absolute atomic E-state index is 12.8. The lowest BCUT2D eigenvalue weighted by Crippen LogP contribution is -2.54. The van der Waals surface area contributed by atoms with Crippen molar-refractivity contribution in [1.29, 1.82) is 0 Å². The Morgan fingerprint density at radius 1 is 1.06 bits per heavy atom. The molecule has 0 aliphatic carbocycles. The Morgan fingerprint density at radius 2 is 1.77 bits per heavy atom. The van der Waals surface area contributed by atoms with E-state index in [1.807, 2.05) is 50.4 Å². The molecule has 1 aliphatic heterocycles. The maximum Gasteiger partial charge on any atom is 0.289 e. The molecule has 0 radical (unpaired) electrons. The van der Waals surface area contributed by atoms with Gasteiger partial charge in [0.1, 0.15) is 5.76 Å². The van der Waals surface area contributed by atoms with Crippen LogP contribution in [0.25, 0.3) is 11.3 Å². The Bertz CT molecular complexity index is 1060. The molecule has 1 aromatic carbocycles. The molecule has 2 amide bonds. The van der Waals surface area contributed by atoms with Crippen molar-refractivity contribution in [2.75, 3.05) is 31.5 Å². The van der Waals surface area contributed by atoms with E-state index in [1.165, 1.54) is 16.9 Å². The van der Waals surface area contributed by atoms with Gasteiger partial charge in [0.2, 0.25) is 5.91 Å². The molecule has 4 rings (SSSR count). The number of nitrogens with one attached hydrogen (secondary N) is 1. The van der Waals surface area contributed by atoms with Crippen LogP contribution in [0, 0.1) is 13.8 Å². The van der Waals surface area contributed by atoms with Crippen molar-refractivity contribution in [3.63, 3.8) is 0 Å². The number of hydrogen-bond acceptors (Lipinski definition) is 6. The van der Waals surface area contributed by atoms with Gasteiger partial charge in [0.25, 0.3) is 5.91 Å². The zero-order chi connectivity index (χ0) is 22.0. The summed E-state index contributed by atoms with van der Waals surface area (Å²) in [6, 6.07) is 11.3. The summed E-state index contributed by atoms with van der Waals surface area (Å²) in [7, 11) is 0. The third kappa shape index (κ3) is 4.86. The normalized spacial score (nSPS) is 15.6. The minimum Gasteiger partial charge on any atom is -0.456 e. The average molecular weight is 439 g/mol. The Labute approximate surface area is 185 Å². The number of hydrogen-bond donors (Lipinski definition) is 1. The quantitative estimate of drug-likeness (QED) is 0.655. The summed E-state index contributed by atoms with van der Waals surface area (Å²) >= 11 is 1.42. The molecule has 0 spiro atoms. The molecule has 3 aromatic rings. The first-order valence-corrected chi connectivity index (χ1v) is 11.2. The highest BCUT2D eigenvalue weighted by Crippen LogP contribution is 2.25. The summed E-state index contributed by atoms with van der Waals surface area (Å²) in [5.74, 6) is 0.896. The largest absolute Gasteiger partial charge is 0.456 e. The molecule has 1 saturated heterocycles. The molecule has 0 saturated carbocycles. The van der Waals surface area contributed by atoms with Crippen molar-refractivity contribution in [2.24, 2.45) is 0 Å². The van der Waals surface area contributed by atoms with Crippen molar-refractivity contribution < 1.29 is 14.0 Å². The Kier molecular flexibility index (Phi) is 6.20. The molecule has 1 N–H and O–H groups in total. The number of anilines is 1. The second-order valence-corrected chi connectivity index (χ2v) is 8.67. The molecule has 2 aromatic heterocycles. The van der Waals surface area contributed by atoms with Gasteiger partial charge in [-0.1, -0.05) is 29.8 Å². The predicted octanol–water partition coefficient (Wildman–Crippen LogP) is 3.80. The second-order valence-electron chi connectivity index (χ2n) is 7.81. The molecule has 1 atom stereocenters. The first kappa shape index (κ1) is 21.3. The van der Waals surface area contributed by atoms with Gasteiger partial charge in [-0.15, -0.1) is 11.3 Å². The van der Waals surface area contributed by atoms with Crippen LogP contribution in [-0.4, -0.2) is 58.8 Å². The van der Waals surface area contributed by atoms with Crippen molar-refractivity contribution in [1.82, 2.24) is 14.8 Å². The van der Waals surface area contributed by atoms with E-state index in [1.54, 1.807) is 17.0 Å². The number of carbonyl (C=O) groups is 2. The molecular weight excluding hydrogens is 412 g/mol. The van der Waals surface area contributed by atoms with Gasteiger partial charge in [0.05, 0.1) is 11.7 Å². The fourth-order valence-electron chi connectivity index (χ4n) is 3.58. The van der Waals surface area contributed by atoms with E-state index < -0.39 is 0 Å². The lowest BCUT2D eigenvalue weighted by atomic mass is 10.1. The van der Waals surface area contributed by atoms with Gasteiger partial charge in [-0.2, -0.15) is 0 Å².